The molecule has 0 aromatic heterocycles. The summed E-state index contributed by atoms with van der Waals surface area (Å²) >= 11 is 0. The third-order valence-corrected chi connectivity index (χ3v) is 4.90. The van der Waals surface area contributed by atoms with E-state index in [4.69, 9.17) is 4.74 Å². The molecule has 1 aliphatic rings. The van der Waals surface area contributed by atoms with Crippen molar-refractivity contribution in [1.29, 1.82) is 0 Å². The van der Waals surface area contributed by atoms with E-state index in [1.165, 1.54) is 17.3 Å². The maximum Gasteiger partial charge on any atom is 0.338 e. The summed E-state index contributed by atoms with van der Waals surface area (Å²) in [4.78, 5) is 24.3. The van der Waals surface area contributed by atoms with Crippen LogP contribution in [0.5, 0.6) is 0 Å². The number of carbonyl (C=O) groups excluding carboxylic acids is 2. The predicted octanol–water partition coefficient (Wildman–Crippen LogP) is 1.47. The fourth-order valence-corrected chi connectivity index (χ4v) is 3.55. The number of hydrogen-bond donors (Lipinski definition) is 1. The molecule has 1 aliphatic heterocycles. The van der Waals surface area contributed by atoms with E-state index in [1.807, 2.05) is 20.8 Å². The Morgan fingerprint density at radius 2 is 1.92 bits per heavy atom. The highest BCUT2D eigenvalue weighted by Gasteiger charge is 2.28. The first-order valence-electron chi connectivity index (χ1n) is 8.02. The first kappa shape index (κ1) is 19.2. The summed E-state index contributed by atoms with van der Waals surface area (Å²) in [5.41, 5.74) is 1.23. The van der Waals surface area contributed by atoms with Crippen molar-refractivity contribution in [2.24, 2.45) is 0 Å². The molecule has 0 bridgehead atoms. The van der Waals surface area contributed by atoms with Crippen LogP contribution in [0.3, 0.4) is 0 Å². The lowest BCUT2D eigenvalue weighted by atomic mass is 10.1. The molecule has 1 atom stereocenters. The second-order valence-electron chi connectivity index (χ2n) is 7.22. The van der Waals surface area contributed by atoms with Gasteiger partial charge in [-0.25, -0.2) is 13.2 Å². The van der Waals surface area contributed by atoms with Gasteiger partial charge in [0.2, 0.25) is 10.0 Å². The Morgan fingerprint density at radius 1 is 1.28 bits per heavy atom. The number of amides is 1. The monoisotopic (exact) mass is 368 g/mol. The Morgan fingerprint density at radius 3 is 2.48 bits per heavy atom. The van der Waals surface area contributed by atoms with Gasteiger partial charge < -0.3 is 10.1 Å². The summed E-state index contributed by atoms with van der Waals surface area (Å²) < 4.78 is 30.0. The molecule has 0 saturated heterocycles. The van der Waals surface area contributed by atoms with E-state index in [-0.39, 0.29) is 5.91 Å². The van der Waals surface area contributed by atoms with Crippen molar-refractivity contribution in [3.05, 3.63) is 29.3 Å². The number of anilines is 1. The van der Waals surface area contributed by atoms with Crippen LogP contribution in [0, 0.1) is 0 Å². The SMILES string of the molecule is C[C@@H](OC(=O)c1ccc2c(c1)CCN2S(C)(=O)=O)C(=O)NC(C)(C)C. The maximum atomic E-state index is 12.3. The average molecular weight is 368 g/mol. The largest absolute Gasteiger partial charge is 0.449 e. The van der Waals surface area contributed by atoms with Gasteiger partial charge in [-0.15, -0.1) is 0 Å². The molecule has 8 heteroatoms. The second kappa shape index (κ2) is 6.67. The Labute approximate surface area is 148 Å². The van der Waals surface area contributed by atoms with Crippen LogP contribution in [-0.4, -0.2) is 44.7 Å². The van der Waals surface area contributed by atoms with Crippen molar-refractivity contribution in [2.45, 2.75) is 45.8 Å². The minimum absolute atomic E-state index is 0.296. The Kier molecular flexibility index (Phi) is 5.13. The van der Waals surface area contributed by atoms with Gasteiger partial charge in [-0.05, 0) is 57.9 Å². The highest BCUT2D eigenvalue weighted by Crippen LogP contribution is 2.30. The fraction of sp³-hybridized carbons (Fsp3) is 0.529. The number of benzene rings is 1. The molecule has 0 radical (unpaired) electrons. The van der Waals surface area contributed by atoms with Gasteiger partial charge in [0.25, 0.3) is 5.91 Å². The van der Waals surface area contributed by atoms with Crippen LogP contribution < -0.4 is 9.62 Å². The van der Waals surface area contributed by atoms with Crippen molar-refractivity contribution in [3.8, 4) is 0 Å². The van der Waals surface area contributed by atoms with Gasteiger partial charge in [0.05, 0.1) is 17.5 Å². The van der Waals surface area contributed by atoms with Crippen LogP contribution in [-0.2, 0) is 26.0 Å². The zero-order valence-electron chi connectivity index (χ0n) is 15.1. The molecule has 7 nitrogen and oxygen atoms in total. The summed E-state index contributed by atoms with van der Waals surface area (Å²) in [6.45, 7) is 7.39. The minimum Gasteiger partial charge on any atom is -0.449 e. The van der Waals surface area contributed by atoms with E-state index >= 15 is 0 Å². The quantitative estimate of drug-likeness (QED) is 0.813. The standard InChI is InChI=1S/C17H24N2O5S/c1-11(15(20)18-17(2,3)4)24-16(21)13-6-7-14-12(10-13)8-9-19(14)25(5,22)23/h6-7,10-11H,8-9H2,1-5H3,(H,18,20)/t11-/m1/s1. The van der Waals surface area contributed by atoms with Crippen molar-refractivity contribution >= 4 is 27.6 Å². The molecule has 1 amide bonds. The molecule has 1 aromatic carbocycles. The Bertz CT molecular complexity index is 796. The number of hydrogen-bond acceptors (Lipinski definition) is 5. The lowest BCUT2D eigenvalue weighted by molar-refractivity contribution is -0.130. The lowest BCUT2D eigenvalue weighted by Gasteiger charge is -2.23. The van der Waals surface area contributed by atoms with E-state index < -0.39 is 27.6 Å². The lowest BCUT2D eigenvalue weighted by Crippen LogP contribution is -2.46. The molecule has 0 fully saturated rings. The first-order chi connectivity index (χ1) is 11.4. The number of fused-ring (bicyclic) bond motifs is 1. The van der Waals surface area contributed by atoms with Gasteiger partial charge in [-0.1, -0.05) is 0 Å². The molecular weight excluding hydrogens is 344 g/mol. The van der Waals surface area contributed by atoms with Gasteiger partial charge in [0, 0.05) is 12.1 Å². The number of nitrogens with zero attached hydrogens (tertiary/aromatic N) is 1. The van der Waals surface area contributed by atoms with Crippen LogP contribution in [0.2, 0.25) is 0 Å². The van der Waals surface area contributed by atoms with Crippen molar-refractivity contribution < 1.29 is 22.7 Å². The number of rotatable bonds is 4. The van der Waals surface area contributed by atoms with Gasteiger partial charge in [0.1, 0.15) is 0 Å². The average Bonchev–Trinajstić information content (AvgIpc) is 2.88. The summed E-state index contributed by atoms with van der Waals surface area (Å²) in [5, 5.41) is 2.75. The van der Waals surface area contributed by atoms with Crippen molar-refractivity contribution in [1.82, 2.24) is 5.32 Å². The molecule has 1 aromatic rings. The first-order valence-corrected chi connectivity index (χ1v) is 9.87. The zero-order chi connectivity index (χ0) is 19.0. The van der Waals surface area contributed by atoms with Gasteiger partial charge >= 0.3 is 5.97 Å². The third-order valence-electron chi connectivity index (χ3n) is 3.72. The highest BCUT2D eigenvalue weighted by atomic mass is 32.2. The fourth-order valence-electron chi connectivity index (χ4n) is 2.60. The molecule has 0 aliphatic carbocycles. The number of sulfonamides is 1. The van der Waals surface area contributed by atoms with Crippen LogP contribution in [0.15, 0.2) is 18.2 Å². The number of esters is 1. The number of ether oxygens (including phenoxy) is 1. The second-order valence-corrected chi connectivity index (χ2v) is 9.12. The summed E-state index contributed by atoms with van der Waals surface area (Å²) in [6, 6.07) is 4.73. The molecule has 0 unspecified atom stereocenters. The number of nitrogens with one attached hydrogen (secondary N) is 1. The highest BCUT2D eigenvalue weighted by molar-refractivity contribution is 7.92. The van der Waals surface area contributed by atoms with Gasteiger partial charge in [-0.2, -0.15) is 0 Å². The van der Waals surface area contributed by atoms with E-state index in [0.29, 0.717) is 24.2 Å². The van der Waals surface area contributed by atoms with Crippen LogP contribution in [0.1, 0.15) is 43.6 Å². The maximum absolute atomic E-state index is 12.3. The predicted molar refractivity (Wildman–Crippen MR) is 95.1 cm³/mol. The summed E-state index contributed by atoms with van der Waals surface area (Å²) in [5.74, 6) is -0.984. The topological polar surface area (TPSA) is 92.8 Å². The molecule has 2 rings (SSSR count). The Balaban J connectivity index is 2.10. The van der Waals surface area contributed by atoms with E-state index in [0.717, 1.165) is 11.8 Å². The molecule has 0 spiro atoms. The third kappa shape index (κ3) is 4.72. The molecule has 1 heterocycles. The van der Waals surface area contributed by atoms with Gasteiger partial charge in [-0.3, -0.25) is 9.10 Å². The summed E-state index contributed by atoms with van der Waals surface area (Å²) in [7, 11) is -3.33. The summed E-state index contributed by atoms with van der Waals surface area (Å²) in [6.07, 6.45) is 0.760. The molecule has 25 heavy (non-hydrogen) atoms. The Hall–Kier alpha value is -2.09. The van der Waals surface area contributed by atoms with Gasteiger partial charge in [0.15, 0.2) is 6.10 Å². The van der Waals surface area contributed by atoms with Crippen LogP contribution in [0.25, 0.3) is 0 Å². The smallest absolute Gasteiger partial charge is 0.338 e. The molecular formula is C17H24N2O5S. The van der Waals surface area contributed by atoms with E-state index in [2.05, 4.69) is 5.32 Å². The molecule has 0 saturated carbocycles. The number of carbonyl (C=O) groups is 2. The minimum atomic E-state index is -3.33. The van der Waals surface area contributed by atoms with E-state index in [9.17, 15) is 18.0 Å². The molecule has 1 N–H and O–H groups in total. The van der Waals surface area contributed by atoms with Crippen LogP contribution in [0.4, 0.5) is 5.69 Å². The van der Waals surface area contributed by atoms with Crippen molar-refractivity contribution in [2.75, 3.05) is 17.1 Å². The van der Waals surface area contributed by atoms with Crippen molar-refractivity contribution in [3.63, 3.8) is 0 Å². The molecule has 138 valence electrons. The van der Waals surface area contributed by atoms with E-state index in [1.54, 1.807) is 12.1 Å². The zero-order valence-corrected chi connectivity index (χ0v) is 15.9. The normalized spacial score (nSPS) is 15.5. The van der Waals surface area contributed by atoms with Crippen LogP contribution >= 0.6 is 0 Å².